The highest BCUT2D eigenvalue weighted by atomic mass is 16.5. The summed E-state index contributed by atoms with van der Waals surface area (Å²) < 4.78 is 4.70. The van der Waals surface area contributed by atoms with Crippen LogP contribution >= 0.6 is 0 Å². The second-order valence-corrected chi connectivity index (χ2v) is 3.78. The van der Waals surface area contributed by atoms with Crippen molar-refractivity contribution in [2.75, 3.05) is 20.2 Å². The lowest BCUT2D eigenvalue weighted by Crippen LogP contribution is -2.37. The Balaban J connectivity index is 2.49. The van der Waals surface area contributed by atoms with E-state index in [1.54, 1.807) is 0 Å². The molecule has 0 aromatic rings. The molecule has 0 aromatic carbocycles. The average Bonchev–Trinajstić information content (AvgIpc) is 2.55. The van der Waals surface area contributed by atoms with Gasteiger partial charge in [0, 0.05) is 13.0 Å². The van der Waals surface area contributed by atoms with E-state index in [9.17, 15) is 9.90 Å². The summed E-state index contributed by atoms with van der Waals surface area (Å²) in [5.74, 6) is -0.224. The summed E-state index contributed by atoms with van der Waals surface area (Å²) >= 11 is 0. The molecule has 1 fully saturated rings. The second-order valence-electron chi connectivity index (χ2n) is 3.78. The molecule has 0 radical (unpaired) electrons. The molecule has 0 aromatic heterocycles. The zero-order valence-electron chi connectivity index (χ0n) is 8.90. The Morgan fingerprint density at radius 3 is 2.93 bits per heavy atom. The SMILES string of the molecule is CCCCN1CC(O)CC1C(=O)OC. The van der Waals surface area contributed by atoms with Crippen molar-refractivity contribution in [2.45, 2.75) is 38.3 Å². The fourth-order valence-electron chi connectivity index (χ4n) is 1.87. The van der Waals surface area contributed by atoms with Crippen molar-refractivity contribution < 1.29 is 14.6 Å². The number of methoxy groups -OCH3 is 1. The van der Waals surface area contributed by atoms with E-state index in [-0.39, 0.29) is 18.1 Å². The number of hydrogen-bond acceptors (Lipinski definition) is 4. The number of unbranched alkanes of at least 4 members (excludes halogenated alkanes) is 1. The first-order valence-electron chi connectivity index (χ1n) is 5.19. The standard InChI is InChI=1S/C10H19NO3/c1-3-4-5-11-7-8(12)6-9(11)10(13)14-2/h8-9,12H,3-7H2,1-2H3. The number of ether oxygens (including phenoxy) is 1. The van der Waals surface area contributed by atoms with Gasteiger partial charge in [-0.05, 0) is 13.0 Å². The van der Waals surface area contributed by atoms with Crippen LogP contribution in [-0.4, -0.2) is 48.3 Å². The number of aliphatic hydroxyl groups is 1. The molecule has 2 atom stereocenters. The summed E-state index contributed by atoms with van der Waals surface area (Å²) in [7, 11) is 1.39. The zero-order chi connectivity index (χ0) is 10.6. The molecule has 0 saturated carbocycles. The highest BCUT2D eigenvalue weighted by Gasteiger charge is 2.35. The van der Waals surface area contributed by atoms with Gasteiger partial charge in [0.15, 0.2) is 0 Å². The molecule has 1 rings (SSSR count). The summed E-state index contributed by atoms with van der Waals surface area (Å²) in [5, 5.41) is 9.46. The number of rotatable bonds is 4. The van der Waals surface area contributed by atoms with Crippen molar-refractivity contribution in [3.8, 4) is 0 Å². The highest BCUT2D eigenvalue weighted by molar-refractivity contribution is 5.76. The lowest BCUT2D eigenvalue weighted by Gasteiger charge is -2.21. The van der Waals surface area contributed by atoms with Gasteiger partial charge in [-0.1, -0.05) is 13.3 Å². The molecule has 1 saturated heterocycles. The molecule has 4 heteroatoms. The van der Waals surface area contributed by atoms with Gasteiger partial charge < -0.3 is 9.84 Å². The molecule has 2 unspecified atom stereocenters. The van der Waals surface area contributed by atoms with Gasteiger partial charge in [0.05, 0.1) is 13.2 Å². The molecule has 1 heterocycles. The number of nitrogens with zero attached hydrogens (tertiary/aromatic N) is 1. The van der Waals surface area contributed by atoms with Crippen molar-refractivity contribution in [3.63, 3.8) is 0 Å². The first-order chi connectivity index (χ1) is 6.69. The number of carbonyl (C=O) groups is 1. The van der Waals surface area contributed by atoms with Crippen LogP contribution in [0.1, 0.15) is 26.2 Å². The molecular weight excluding hydrogens is 182 g/mol. The fourth-order valence-corrected chi connectivity index (χ4v) is 1.87. The number of carbonyl (C=O) groups excluding carboxylic acids is 1. The van der Waals surface area contributed by atoms with Crippen LogP contribution in [-0.2, 0) is 9.53 Å². The quantitative estimate of drug-likeness (QED) is 0.669. The monoisotopic (exact) mass is 201 g/mol. The minimum absolute atomic E-state index is 0.224. The maximum Gasteiger partial charge on any atom is 0.323 e. The average molecular weight is 201 g/mol. The lowest BCUT2D eigenvalue weighted by atomic mass is 10.2. The van der Waals surface area contributed by atoms with E-state index in [0.717, 1.165) is 19.4 Å². The van der Waals surface area contributed by atoms with Gasteiger partial charge in [0.1, 0.15) is 6.04 Å². The van der Waals surface area contributed by atoms with Crippen molar-refractivity contribution in [1.82, 2.24) is 4.90 Å². The third-order valence-electron chi connectivity index (χ3n) is 2.65. The Morgan fingerprint density at radius 1 is 1.64 bits per heavy atom. The van der Waals surface area contributed by atoms with Gasteiger partial charge >= 0.3 is 5.97 Å². The predicted molar refractivity (Wildman–Crippen MR) is 52.9 cm³/mol. The van der Waals surface area contributed by atoms with E-state index in [1.807, 2.05) is 4.90 Å². The Hall–Kier alpha value is -0.610. The highest BCUT2D eigenvalue weighted by Crippen LogP contribution is 2.19. The Labute approximate surface area is 84.8 Å². The van der Waals surface area contributed by atoms with Gasteiger partial charge in [0.25, 0.3) is 0 Å². The molecule has 1 N–H and O–H groups in total. The zero-order valence-corrected chi connectivity index (χ0v) is 8.90. The van der Waals surface area contributed by atoms with Crippen LogP contribution in [0.2, 0.25) is 0 Å². The third kappa shape index (κ3) is 2.69. The van der Waals surface area contributed by atoms with Crippen molar-refractivity contribution in [3.05, 3.63) is 0 Å². The Kier molecular flexibility index (Phi) is 4.35. The molecular formula is C10H19NO3. The minimum atomic E-state index is -0.379. The van der Waals surface area contributed by atoms with Crippen LogP contribution in [0, 0.1) is 0 Å². The summed E-state index contributed by atoms with van der Waals surface area (Å²) in [5.41, 5.74) is 0. The van der Waals surface area contributed by atoms with Crippen LogP contribution < -0.4 is 0 Å². The van der Waals surface area contributed by atoms with Crippen LogP contribution in [0.3, 0.4) is 0 Å². The largest absolute Gasteiger partial charge is 0.468 e. The molecule has 1 aliphatic rings. The molecule has 0 amide bonds. The fraction of sp³-hybridized carbons (Fsp3) is 0.900. The first kappa shape index (κ1) is 11.5. The number of likely N-dealkylation sites (tertiary alicyclic amines) is 1. The second kappa shape index (κ2) is 5.32. The van der Waals surface area contributed by atoms with Crippen LogP contribution in [0.5, 0.6) is 0 Å². The van der Waals surface area contributed by atoms with E-state index in [0.29, 0.717) is 13.0 Å². The molecule has 0 spiro atoms. The third-order valence-corrected chi connectivity index (χ3v) is 2.65. The van der Waals surface area contributed by atoms with E-state index >= 15 is 0 Å². The van der Waals surface area contributed by atoms with E-state index in [4.69, 9.17) is 4.74 Å². The first-order valence-corrected chi connectivity index (χ1v) is 5.19. The molecule has 1 aliphatic heterocycles. The number of esters is 1. The van der Waals surface area contributed by atoms with Crippen LogP contribution in [0.25, 0.3) is 0 Å². The normalized spacial score (nSPS) is 27.9. The predicted octanol–water partition coefficient (Wildman–Crippen LogP) is 0.395. The minimum Gasteiger partial charge on any atom is -0.468 e. The summed E-state index contributed by atoms with van der Waals surface area (Å²) in [6.45, 7) is 3.58. The van der Waals surface area contributed by atoms with Gasteiger partial charge in [-0.3, -0.25) is 9.69 Å². The van der Waals surface area contributed by atoms with Crippen LogP contribution in [0.15, 0.2) is 0 Å². The van der Waals surface area contributed by atoms with Crippen molar-refractivity contribution >= 4 is 5.97 Å². The Morgan fingerprint density at radius 2 is 2.36 bits per heavy atom. The molecule has 0 bridgehead atoms. The molecule has 4 nitrogen and oxygen atoms in total. The maximum atomic E-state index is 11.4. The topological polar surface area (TPSA) is 49.8 Å². The van der Waals surface area contributed by atoms with E-state index in [1.165, 1.54) is 7.11 Å². The van der Waals surface area contributed by atoms with Crippen LogP contribution in [0.4, 0.5) is 0 Å². The smallest absolute Gasteiger partial charge is 0.323 e. The number of aliphatic hydroxyl groups excluding tert-OH is 1. The number of β-amino-alcohol motifs (C(OH)–C–C–N with tert-alkyl or cyclic N) is 1. The van der Waals surface area contributed by atoms with Gasteiger partial charge in [-0.2, -0.15) is 0 Å². The molecule has 0 aliphatic carbocycles. The Bertz CT molecular complexity index is 196. The number of hydrogen-bond donors (Lipinski definition) is 1. The summed E-state index contributed by atoms with van der Waals surface area (Å²) in [6, 6.07) is -0.235. The van der Waals surface area contributed by atoms with E-state index in [2.05, 4.69) is 6.92 Å². The molecule has 82 valence electrons. The summed E-state index contributed by atoms with van der Waals surface area (Å²) in [4.78, 5) is 13.4. The molecule has 14 heavy (non-hydrogen) atoms. The van der Waals surface area contributed by atoms with E-state index < -0.39 is 0 Å². The van der Waals surface area contributed by atoms with Gasteiger partial charge in [-0.15, -0.1) is 0 Å². The van der Waals surface area contributed by atoms with Gasteiger partial charge in [-0.25, -0.2) is 0 Å². The lowest BCUT2D eigenvalue weighted by molar-refractivity contribution is -0.145. The van der Waals surface area contributed by atoms with Gasteiger partial charge in [0.2, 0.25) is 0 Å². The summed E-state index contributed by atoms with van der Waals surface area (Å²) in [6.07, 6.45) is 2.29. The van der Waals surface area contributed by atoms with Crippen molar-refractivity contribution in [2.24, 2.45) is 0 Å². The van der Waals surface area contributed by atoms with Crippen molar-refractivity contribution in [1.29, 1.82) is 0 Å². The maximum absolute atomic E-state index is 11.4.